The molecule has 0 amide bonds. The summed E-state index contributed by atoms with van der Waals surface area (Å²) in [5, 5.41) is 18.1. The molecule has 0 radical (unpaired) electrons. The molecule has 0 aliphatic carbocycles. The molecule has 0 aliphatic rings. The molecule has 2 N–H and O–H groups in total. The topological polar surface area (TPSA) is 40.5 Å². The highest BCUT2D eigenvalue weighted by atomic mass is 32.1. The quantitative estimate of drug-likeness (QED) is 0.399. The van der Waals surface area contributed by atoms with Crippen molar-refractivity contribution in [2.45, 2.75) is 37.7 Å². The SMILES string of the molecule is C[C@@H](S)[C@H](O)C#CC(C)(C)O. The maximum atomic E-state index is 9.14. The minimum absolute atomic E-state index is 0.190. The molecule has 0 aromatic carbocycles. The van der Waals surface area contributed by atoms with Crippen LogP contribution >= 0.6 is 12.6 Å². The van der Waals surface area contributed by atoms with Gasteiger partial charge < -0.3 is 10.2 Å². The molecule has 2 nitrogen and oxygen atoms in total. The van der Waals surface area contributed by atoms with Crippen molar-refractivity contribution in [3.63, 3.8) is 0 Å². The first kappa shape index (κ1) is 10.8. The number of aliphatic hydroxyl groups excluding tert-OH is 1. The molecule has 0 saturated carbocycles. The molecule has 11 heavy (non-hydrogen) atoms. The Morgan fingerprint density at radius 1 is 1.45 bits per heavy atom. The van der Waals surface area contributed by atoms with Crippen molar-refractivity contribution in [2.75, 3.05) is 0 Å². The van der Waals surface area contributed by atoms with Crippen LogP contribution in [0.5, 0.6) is 0 Å². The highest BCUT2D eigenvalue weighted by molar-refractivity contribution is 7.81. The summed E-state index contributed by atoms with van der Waals surface area (Å²) in [6.45, 7) is 4.87. The molecule has 0 bridgehead atoms. The molecular weight excluding hydrogens is 160 g/mol. The molecule has 0 aromatic rings. The normalized spacial score (nSPS) is 16.5. The van der Waals surface area contributed by atoms with Crippen molar-refractivity contribution in [3.8, 4) is 11.8 Å². The van der Waals surface area contributed by atoms with E-state index in [-0.39, 0.29) is 5.25 Å². The standard InChI is InChI=1S/C8H14O2S/c1-6(11)7(9)4-5-8(2,3)10/h6-7,9-11H,1-3H3/t6-,7-/m1/s1. The van der Waals surface area contributed by atoms with E-state index in [1.807, 2.05) is 0 Å². The second-order valence-corrected chi connectivity index (χ2v) is 3.83. The van der Waals surface area contributed by atoms with Crippen LogP contribution in [0.25, 0.3) is 0 Å². The fraction of sp³-hybridized carbons (Fsp3) is 0.750. The highest BCUT2D eigenvalue weighted by Gasteiger charge is 2.09. The molecule has 3 heteroatoms. The summed E-state index contributed by atoms with van der Waals surface area (Å²) in [5.41, 5.74) is -1.04. The molecule has 2 atom stereocenters. The summed E-state index contributed by atoms with van der Waals surface area (Å²) < 4.78 is 0. The zero-order valence-electron chi connectivity index (χ0n) is 7.00. The molecule has 0 aromatic heterocycles. The van der Waals surface area contributed by atoms with Gasteiger partial charge in [-0.2, -0.15) is 12.6 Å². The summed E-state index contributed by atoms with van der Waals surface area (Å²) in [6, 6.07) is 0. The summed E-state index contributed by atoms with van der Waals surface area (Å²) in [7, 11) is 0. The second kappa shape index (κ2) is 4.01. The van der Waals surface area contributed by atoms with Crippen LogP contribution in [-0.2, 0) is 0 Å². The molecule has 64 valence electrons. The van der Waals surface area contributed by atoms with Crippen LogP contribution in [0.15, 0.2) is 0 Å². The van der Waals surface area contributed by atoms with Gasteiger partial charge in [0.25, 0.3) is 0 Å². The molecular formula is C8H14O2S. The Bertz CT molecular complexity index is 171. The Morgan fingerprint density at radius 2 is 1.91 bits per heavy atom. The van der Waals surface area contributed by atoms with Crippen molar-refractivity contribution < 1.29 is 10.2 Å². The van der Waals surface area contributed by atoms with E-state index >= 15 is 0 Å². The van der Waals surface area contributed by atoms with Crippen molar-refractivity contribution in [1.29, 1.82) is 0 Å². The van der Waals surface area contributed by atoms with Crippen molar-refractivity contribution in [3.05, 3.63) is 0 Å². The van der Waals surface area contributed by atoms with E-state index in [0.29, 0.717) is 0 Å². The van der Waals surface area contributed by atoms with E-state index < -0.39 is 11.7 Å². The van der Waals surface area contributed by atoms with Gasteiger partial charge in [0.1, 0.15) is 11.7 Å². The van der Waals surface area contributed by atoms with E-state index in [2.05, 4.69) is 24.5 Å². The third kappa shape index (κ3) is 6.24. The van der Waals surface area contributed by atoms with Crippen LogP contribution in [0.1, 0.15) is 20.8 Å². The molecule has 0 heterocycles. The monoisotopic (exact) mass is 174 g/mol. The Morgan fingerprint density at radius 3 is 2.18 bits per heavy atom. The summed E-state index contributed by atoms with van der Waals surface area (Å²) in [5.74, 6) is 5.01. The third-order valence-electron chi connectivity index (χ3n) is 0.983. The molecule has 0 saturated heterocycles. The van der Waals surface area contributed by atoms with Gasteiger partial charge in [-0.15, -0.1) is 0 Å². The maximum absolute atomic E-state index is 9.14. The van der Waals surface area contributed by atoms with Crippen LogP contribution in [0.3, 0.4) is 0 Å². The third-order valence-corrected chi connectivity index (χ3v) is 1.27. The minimum Gasteiger partial charge on any atom is -0.379 e. The fourth-order valence-corrected chi connectivity index (χ4v) is 0.446. The number of rotatable bonds is 1. The second-order valence-electron chi connectivity index (χ2n) is 3.01. The van der Waals surface area contributed by atoms with Crippen LogP contribution < -0.4 is 0 Å². The van der Waals surface area contributed by atoms with Gasteiger partial charge in [-0.05, 0) is 13.8 Å². The average Bonchev–Trinajstić information content (AvgIpc) is 1.80. The first-order valence-electron chi connectivity index (χ1n) is 3.44. The minimum atomic E-state index is -1.04. The van der Waals surface area contributed by atoms with E-state index in [4.69, 9.17) is 10.2 Å². The van der Waals surface area contributed by atoms with Gasteiger partial charge in [-0.3, -0.25) is 0 Å². The van der Waals surface area contributed by atoms with Crippen LogP contribution in [-0.4, -0.2) is 27.2 Å². The number of hydrogen-bond donors (Lipinski definition) is 3. The van der Waals surface area contributed by atoms with Gasteiger partial charge in [-0.25, -0.2) is 0 Å². The Labute approximate surface area is 73.0 Å². The summed E-state index contributed by atoms with van der Waals surface area (Å²) in [4.78, 5) is 0. The van der Waals surface area contributed by atoms with Crippen molar-refractivity contribution in [2.24, 2.45) is 0 Å². The Kier molecular flexibility index (Phi) is 3.95. The van der Waals surface area contributed by atoms with Crippen LogP contribution in [0.2, 0.25) is 0 Å². The molecule has 0 spiro atoms. The van der Waals surface area contributed by atoms with E-state index in [1.165, 1.54) is 0 Å². The predicted molar refractivity (Wildman–Crippen MR) is 48.5 cm³/mol. The highest BCUT2D eigenvalue weighted by Crippen LogP contribution is 2.01. The summed E-state index contributed by atoms with van der Waals surface area (Å²) in [6.07, 6.45) is -0.773. The number of aliphatic hydroxyl groups is 2. The lowest BCUT2D eigenvalue weighted by Gasteiger charge is -2.09. The first-order chi connectivity index (χ1) is 4.83. The van der Waals surface area contributed by atoms with Gasteiger partial charge in [0.2, 0.25) is 0 Å². The van der Waals surface area contributed by atoms with Gasteiger partial charge in [0, 0.05) is 5.25 Å². The number of thiol groups is 1. The zero-order valence-corrected chi connectivity index (χ0v) is 7.89. The smallest absolute Gasteiger partial charge is 0.126 e. The molecule has 0 fully saturated rings. The van der Waals surface area contributed by atoms with E-state index in [9.17, 15) is 0 Å². The molecule has 0 aliphatic heterocycles. The lowest BCUT2D eigenvalue weighted by atomic mass is 10.1. The largest absolute Gasteiger partial charge is 0.379 e. The van der Waals surface area contributed by atoms with Crippen LogP contribution in [0.4, 0.5) is 0 Å². The first-order valence-corrected chi connectivity index (χ1v) is 3.96. The van der Waals surface area contributed by atoms with Crippen molar-refractivity contribution >= 4 is 12.6 Å². The van der Waals surface area contributed by atoms with E-state index in [1.54, 1.807) is 20.8 Å². The lowest BCUT2D eigenvalue weighted by molar-refractivity contribution is 0.142. The predicted octanol–water partition coefficient (Wildman–Crippen LogP) is 0.440. The van der Waals surface area contributed by atoms with Crippen molar-refractivity contribution in [1.82, 2.24) is 0 Å². The molecule has 0 rings (SSSR count). The van der Waals surface area contributed by atoms with Gasteiger partial charge in [0.15, 0.2) is 0 Å². The maximum Gasteiger partial charge on any atom is 0.126 e. The lowest BCUT2D eigenvalue weighted by Crippen LogP contribution is -2.19. The van der Waals surface area contributed by atoms with Crippen LogP contribution in [0, 0.1) is 11.8 Å². The fourth-order valence-electron chi connectivity index (χ4n) is 0.371. The van der Waals surface area contributed by atoms with E-state index in [0.717, 1.165) is 0 Å². The zero-order chi connectivity index (χ0) is 9.07. The Balaban J connectivity index is 4.08. The summed E-state index contributed by atoms with van der Waals surface area (Å²) >= 11 is 3.99. The molecule has 0 unspecified atom stereocenters. The van der Waals surface area contributed by atoms with Gasteiger partial charge in [-0.1, -0.05) is 18.8 Å². The van der Waals surface area contributed by atoms with Gasteiger partial charge in [0.05, 0.1) is 0 Å². The number of hydrogen-bond acceptors (Lipinski definition) is 3. The Hall–Kier alpha value is -0.170. The average molecular weight is 174 g/mol. The van der Waals surface area contributed by atoms with Gasteiger partial charge >= 0.3 is 0 Å².